The van der Waals surface area contributed by atoms with Crippen molar-refractivity contribution in [1.82, 2.24) is 0 Å². The summed E-state index contributed by atoms with van der Waals surface area (Å²) in [6.45, 7) is 3.74. The molecule has 138 valence electrons. The quantitative estimate of drug-likeness (QED) is 0.867. The Balaban J connectivity index is 1.89. The number of carbonyl (C=O) groups is 1. The maximum absolute atomic E-state index is 12.7. The minimum absolute atomic E-state index is 0.122. The number of ether oxygens (including phenoxy) is 1. The van der Waals surface area contributed by atoms with Crippen LogP contribution < -0.4 is 14.4 Å². The first-order chi connectivity index (χ1) is 12.1. The third-order valence-electron chi connectivity index (χ3n) is 4.12. The lowest BCUT2D eigenvalue weighted by molar-refractivity contribution is -0.122. The zero-order chi connectivity index (χ0) is 19.1. The zero-order valence-electron chi connectivity index (χ0n) is 14.6. The summed E-state index contributed by atoms with van der Waals surface area (Å²) in [5.74, 6) is -0.113. The lowest BCUT2D eigenvalue weighted by Crippen LogP contribution is -2.48. The standard InChI is InChI=1S/C18H19ClN2O4S/c1-11-4-6-14(12(2)8-11)20-18(22)17-10-21(26(3,23)24)15-9-13(19)5-7-16(15)25-17/h4-9,17H,10H2,1-3H3,(H,20,22). The zero-order valence-corrected chi connectivity index (χ0v) is 16.2. The molecule has 0 aliphatic carbocycles. The number of carbonyl (C=O) groups excluding carboxylic acids is 1. The highest BCUT2D eigenvalue weighted by Crippen LogP contribution is 2.37. The Morgan fingerprint density at radius 2 is 1.96 bits per heavy atom. The second-order valence-corrected chi connectivity index (χ2v) is 8.66. The smallest absolute Gasteiger partial charge is 0.267 e. The Bertz CT molecular complexity index is 975. The number of fused-ring (bicyclic) bond motifs is 1. The molecule has 1 heterocycles. The molecule has 1 unspecified atom stereocenters. The van der Waals surface area contributed by atoms with E-state index in [1.165, 1.54) is 6.07 Å². The van der Waals surface area contributed by atoms with Gasteiger partial charge in [0.25, 0.3) is 5.91 Å². The highest BCUT2D eigenvalue weighted by molar-refractivity contribution is 7.92. The molecule has 0 spiro atoms. The van der Waals surface area contributed by atoms with Crippen molar-refractivity contribution in [2.45, 2.75) is 20.0 Å². The topological polar surface area (TPSA) is 75.7 Å². The molecular formula is C18H19ClN2O4S. The molecule has 0 saturated heterocycles. The van der Waals surface area contributed by atoms with Crippen molar-refractivity contribution in [3.63, 3.8) is 0 Å². The number of nitrogens with zero attached hydrogens (tertiary/aromatic N) is 1. The van der Waals surface area contributed by atoms with Crippen LogP contribution in [0, 0.1) is 13.8 Å². The Labute approximate surface area is 157 Å². The van der Waals surface area contributed by atoms with Gasteiger partial charge in [0.15, 0.2) is 6.10 Å². The van der Waals surface area contributed by atoms with Crippen LogP contribution >= 0.6 is 11.6 Å². The number of hydrogen-bond donors (Lipinski definition) is 1. The third-order valence-corrected chi connectivity index (χ3v) is 5.50. The van der Waals surface area contributed by atoms with E-state index in [9.17, 15) is 13.2 Å². The molecule has 1 N–H and O–H groups in total. The number of nitrogens with one attached hydrogen (secondary N) is 1. The molecule has 1 aliphatic rings. The van der Waals surface area contributed by atoms with E-state index in [-0.39, 0.29) is 6.54 Å². The van der Waals surface area contributed by atoms with Gasteiger partial charge in [-0.05, 0) is 43.7 Å². The molecule has 1 aliphatic heterocycles. The van der Waals surface area contributed by atoms with E-state index >= 15 is 0 Å². The van der Waals surface area contributed by atoms with Crippen LogP contribution in [0.4, 0.5) is 11.4 Å². The van der Waals surface area contributed by atoms with E-state index in [1.54, 1.807) is 12.1 Å². The first kappa shape index (κ1) is 18.5. The van der Waals surface area contributed by atoms with Crippen LogP contribution in [0.25, 0.3) is 0 Å². The molecule has 0 aromatic heterocycles. The second-order valence-electron chi connectivity index (χ2n) is 6.32. The number of sulfonamides is 1. The second kappa shape index (κ2) is 6.81. The minimum Gasteiger partial charge on any atom is -0.476 e. The maximum atomic E-state index is 12.7. The van der Waals surface area contributed by atoms with Crippen LogP contribution in [0.1, 0.15) is 11.1 Å². The summed E-state index contributed by atoms with van der Waals surface area (Å²) in [7, 11) is -3.59. The Kier molecular flexibility index (Phi) is 4.86. The van der Waals surface area contributed by atoms with Gasteiger partial charge in [0.05, 0.1) is 18.5 Å². The van der Waals surface area contributed by atoms with E-state index in [1.807, 2.05) is 32.0 Å². The van der Waals surface area contributed by atoms with Gasteiger partial charge >= 0.3 is 0 Å². The average molecular weight is 395 g/mol. The summed E-state index contributed by atoms with van der Waals surface area (Å²) < 4.78 is 31.2. The van der Waals surface area contributed by atoms with Crippen molar-refractivity contribution >= 4 is 38.9 Å². The van der Waals surface area contributed by atoms with Crippen molar-refractivity contribution in [3.05, 3.63) is 52.5 Å². The summed E-state index contributed by atoms with van der Waals surface area (Å²) >= 11 is 5.97. The van der Waals surface area contributed by atoms with Gasteiger partial charge in [-0.3, -0.25) is 9.10 Å². The van der Waals surface area contributed by atoms with Gasteiger partial charge in [0.1, 0.15) is 5.75 Å². The molecular weight excluding hydrogens is 376 g/mol. The van der Waals surface area contributed by atoms with Crippen LogP contribution in [0.5, 0.6) is 5.75 Å². The van der Waals surface area contributed by atoms with Crippen molar-refractivity contribution in [3.8, 4) is 5.75 Å². The Morgan fingerprint density at radius 1 is 1.23 bits per heavy atom. The molecule has 0 saturated carbocycles. The van der Waals surface area contributed by atoms with Gasteiger partial charge in [-0.15, -0.1) is 0 Å². The van der Waals surface area contributed by atoms with Crippen LogP contribution in [0.3, 0.4) is 0 Å². The highest BCUT2D eigenvalue weighted by Gasteiger charge is 2.35. The van der Waals surface area contributed by atoms with E-state index in [4.69, 9.17) is 16.3 Å². The Morgan fingerprint density at radius 3 is 2.62 bits per heavy atom. The van der Waals surface area contributed by atoms with Crippen molar-refractivity contribution in [2.75, 3.05) is 22.4 Å². The fraction of sp³-hybridized carbons (Fsp3) is 0.278. The van der Waals surface area contributed by atoms with Gasteiger partial charge in [-0.2, -0.15) is 0 Å². The van der Waals surface area contributed by atoms with E-state index in [0.29, 0.717) is 22.1 Å². The van der Waals surface area contributed by atoms with E-state index in [0.717, 1.165) is 21.7 Å². The van der Waals surface area contributed by atoms with Gasteiger partial charge in [0, 0.05) is 10.7 Å². The summed E-state index contributed by atoms with van der Waals surface area (Å²) in [6, 6.07) is 10.3. The molecule has 26 heavy (non-hydrogen) atoms. The lowest BCUT2D eigenvalue weighted by atomic mass is 10.1. The number of benzene rings is 2. The van der Waals surface area contributed by atoms with Crippen LogP contribution in [0.2, 0.25) is 5.02 Å². The molecule has 2 aromatic rings. The van der Waals surface area contributed by atoms with Crippen LogP contribution in [-0.2, 0) is 14.8 Å². The first-order valence-corrected chi connectivity index (χ1v) is 10.2. The number of halogens is 1. The molecule has 3 rings (SSSR count). The molecule has 6 nitrogen and oxygen atoms in total. The molecule has 8 heteroatoms. The SMILES string of the molecule is Cc1ccc(NC(=O)C2CN(S(C)(=O)=O)c3cc(Cl)ccc3O2)c(C)c1. The fourth-order valence-electron chi connectivity index (χ4n) is 2.84. The number of rotatable bonds is 3. The average Bonchev–Trinajstić information content (AvgIpc) is 2.55. The largest absolute Gasteiger partial charge is 0.476 e. The predicted molar refractivity (Wildman–Crippen MR) is 103 cm³/mol. The molecule has 0 radical (unpaired) electrons. The maximum Gasteiger partial charge on any atom is 0.267 e. The van der Waals surface area contributed by atoms with Crippen molar-refractivity contribution in [2.24, 2.45) is 0 Å². The van der Waals surface area contributed by atoms with Gasteiger partial charge in [-0.25, -0.2) is 8.42 Å². The first-order valence-electron chi connectivity index (χ1n) is 7.97. The minimum atomic E-state index is -3.59. The van der Waals surface area contributed by atoms with Crippen molar-refractivity contribution < 1.29 is 17.9 Å². The van der Waals surface area contributed by atoms with Gasteiger partial charge in [0.2, 0.25) is 10.0 Å². The summed E-state index contributed by atoms with van der Waals surface area (Å²) in [5.41, 5.74) is 3.00. The number of hydrogen-bond acceptors (Lipinski definition) is 4. The summed E-state index contributed by atoms with van der Waals surface area (Å²) in [6.07, 6.45) is 0.112. The van der Waals surface area contributed by atoms with Crippen LogP contribution in [0.15, 0.2) is 36.4 Å². The summed E-state index contributed by atoms with van der Waals surface area (Å²) in [5, 5.41) is 3.20. The third kappa shape index (κ3) is 3.78. The molecule has 0 fully saturated rings. The predicted octanol–water partition coefficient (Wildman–Crippen LogP) is 3.12. The normalized spacial score (nSPS) is 16.6. The van der Waals surface area contributed by atoms with Gasteiger partial charge in [-0.1, -0.05) is 29.3 Å². The number of anilines is 2. The van der Waals surface area contributed by atoms with Crippen molar-refractivity contribution in [1.29, 1.82) is 0 Å². The molecule has 1 amide bonds. The van der Waals surface area contributed by atoms with E-state index in [2.05, 4.69) is 5.32 Å². The summed E-state index contributed by atoms with van der Waals surface area (Å²) in [4.78, 5) is 12.7. The molecule has 2 aromatic carbocycles. The lowest BCUT2D eigenvalue weighted by Gasteiger charge is -2.34. The van der Waals surface area contributed by atoms with E-state index < -0.39 is 22.0 Å². The molecule has 0 bridgehead atoms. The number of amides is 1. The highest BCUT2D eigenvalue weighted by atomic mass is 35.5. The Hall–Kier alpha value is -2.25. The number of aryl methyl sites for hydroxylation is 2. The monoisotopic (exact) mass is 394 g/mol. The molecule has 1 atom stereocenters. The van der Waals surface area contributed by atoms with Gasteiger partial charge < -0.3 is 10.1 Å². The fourth-order valence-corrected chi connectivity index (χ4v) is 3.91. The van der Waals surface area contributed by atoms with Crippen LogP contribution in [-0.4, -0.2) is 33.2 Å².